The van der Waals surface area contributed by atoms with E-state index < -0.39 is 58.8 Å². The number of hydrogen-bond donors (Lipinski definition) is 1. The fourth-order valence-corrected chi connectivity index (χ4v) is 2.98. The SMILES string of the molecule is CCC(C)(CC(C)(C)C(=O)OC(C)CC(O)(C(F)(F)F)C(F)(F)F)C(=O)OC(C)(C)C. The van der Waals surface area contributed by atoms with Crippen LogP contribution in [0, 0.1) is 10.8 Å². The van der Waals surface area contributed by atoms with Crippen molar-refractivity contribution in [1.82, 2.24) is 0 Å². The Bertz CT molecular complexity index is 634. The van der Waals surface area contributed by atoms with Gasteiger partial charge < -0.3 is 14.6 Å². The van der Waals surface area contributed by atoms with Gasteiger partial charge in [0.2, 0.25) is 0 Å². The first-order valence-corrected chi connectivity index (χ1v) is 9.72. The third kappa shape index (κ3) is 7.54. The van der Waals surface area contributed by atoms with Crippen molar-refractivity contribution in [2.24, 2.45) is 10.8 Å². The van der Waals surface area contributed by atoms with Gasteiger partial charge in [0, 0.05) is 6.42 Å². The Labute approximate surface area is 178 Å². The molecule has 0 amide bonds. The standard InChI is InChI=1S/C20H32F6O5/c1-9-17(8,14(28)31-15(3,4)5)11-16(6,7)13(27)30-12(2)10-18(29,19(21,22)23)20(24,25)26/h12,29H,9-11H2,1-8H3. The van der Waals surface area contributed by atoms with E-state index in [2.05, 4.69) is 0 Å². The minimum absolute atomic E-state index is 0.125. The Hall–Kier alpha value is -1.52. The summed E-state index contributed by atoms with van der Waals surface area (Å²) in [4.78, 5) is 25.1. The topological polar surface area (TPSA) is 72.8 Å². The number of rotatable bonds is 8. The molecule has 0 aromatic rings. The zero-order chi connectivity index (χ0) is 25.3. The van der Waals surface area contributed by atoms with Crippen molar-refractivity contribution >= 4 is 11.9 Å². The molecule has 0 saturated carbocycles. The monoisotopic (exact) mass is 466 g/mol. The number of hydrogen-bond acceptors (Lipinski definition) is 5. The van der Waals surface area contributed by atoms with Gasteiger partial charge in [0.05, 0.1) is 10.8 Å². The lowest BCUT2D eigenvalue weighted by Crippen LogP contribution is -2.58. The minimum atomic E-state index is -6.01. The molecule has 2 unspecified atom stereocenters. The fourth-order valence-electron chi connectivity index (χ4n) is 2.98. The largest absolute Gasteiger partial charge is 0.462 e. The number of ether oxygens (including phenoxy) is 2. The summed E-state index contributed by atoms with van der Waals surface area (Å²) in [6, 6.07) is 0. The molecule has 31 heavy (non-hydrogen) atoms. The first-order valence-electron chi connectivity index (χ1n) is 9.72. The van der Waals surface area contributed by atoms with Crippen LogP contribution in [-0.2, 0) is 19.1 Å². The van der Waals surface area contributed by atoms with Crippen LogP contribution in [-0.4, -0.2) is 46.7 Å². The highest BCUT2D eigenvalue weighted by atomic mass is 19.4. The Morgan fingerprint density at radius 3 is 1.61 bits per heavy atom. The van der Waals surface area contributed by atoms with Gasteiger partial charge in [0.25, 0.3) is 5.60 Å². The van der Waals surface area contributed by atoms with Crippen LogP contribution >= 0.6 is 0 Å². The third-order valence-corrected chi connectivity index (χ3v) is 4.89. The normalized spacial score (nSPS) is 17.0. The van der Waals surface area contributed by atoms with Crippen LogP contribution in [0.15, 0.2) is 0 Å². The second kappa shape index (κ2) is 9.15. The summed E-state index contributed by atoms with van der Waals surface area (Å²) in [5, 5.41) is 9.27. The molecule has 11 heteroatoms. The van der Waals surface area contributed by atoms with E-state index in [1.165, 1.54) is 13.8 Å². The van der Waals surface area contributed by atoms with E-state index in [4.69, 9.17) is 9.47 Å². The van der Waals surface area contributed by atoms with E-state index in [1.807, 2.05) is 0 Å². The quantitative estimate of drug-likeness (QED) is 0.386. The molecule has 0 rings (SSSR count). The van der Waals surface area contributed by atoms with E-state index in [9.17, 15) is 41.0 Å². The zero-order valence-corrected chi connectivity index (χ0v) is 19.0. The number of carbonyl (C=O) groups is 2. The number of halogens is 6. The number of alkyl halides is 6. The van der Waals surface area contributed by atoms with Crippen molar-refractivity contribution in [3.8, 4) is 0 Å². The van der Waals surface area contributed by atoms with Crippen molar-refractivity contribution < 1.29 is 50.5 Å². The highest BCUT2D eigenvalue weighted by molar-refractivity contribution is 5.80. The predicted octanol–water partition coefficient (Wildman–Crippen LogP) is 5.34. The van der Waals surface area contributed by atoms with Gasteiger partial charge in [-0.25, -0.2) is 0 Å². The molecule has 0 spiro atoms. The fraction of sp³-hybridized carbons (Fsp3) is 0.900. The summed E-state index contributed by atoms with van der Waals surface area (Å²) in [5.41, 5.74) is -8.42. The molecule has 1 N–H and O–H groups in total. The molecule has 0 aromatic carbocycles. The molecule has 0 aliphatic carbocycles. The first-order chi connectivity index (χ1) is 13.4. The molecule has 0 radical (unpaired) electrons. The van der Waals surface area contributed by atoms with Gasteiger partial charge in [-0.15, -0.1) is 0 Å². The molecule has 184 valence electrons. The molecule has 5 nitrogen and oxygen atoms in total. The highest BCUT2D eigenvalue weighted by Crippen LogP contribution is 2.46. The summed E-state index contributed by atoms with van der Waals surface area (Å²) >= 11 is 0. The molecule has 0 aliphatic heterocycles. The highest BCUT2D eigenvalue weighted by Gasteiger charge is 2.70. The van der Waals surface area contributed by atoms with Crippen LogP contribution in [0.25, 0.3) is 0 Å². The van der Waals surface area contributed by atoms with Crippen LogP contribution in [0.1, 0.15) is 74.7 Å². The zero-order valence-electron chi connectivity index (χ0n) is 19.0. The van der Waals surface area contributed by atoms with Gasteiger partial charge >= 0.3 is 24.3 Å². The van der Waals surface area contributed by atoms with E-state index >= 15 is 0 Å². The van der Waals surface area contributed by atoms with Crippen molar-refractivity contribution in [2.45, 2.75) is 104 Å². The van der Waals surface area contributed by atoms with Gasteiger partial charge in [-0.3, -0.25) is 9.59 Å². The Morgan fingerprint density at radius 1 is 0.871 bits per heavy atom. The second-order valence-corrected chi connectivity index (χ2v) is 9.75. The summed E-state index contributed by atoms with van der Waals surface area (Å²) in [5.74, 6) is -1.70. The van der Waals surface area contributed by atoms with Gasteiger partial charge in [0.15, 0.2) is 0 Å². The predicted molar refractivity (Wildman–Crippen MR) is 99.9 cm³/mol. The molecular formula is C20H32F6O5. The van der Waals surface area contributed by atoms with Crippen LogP contribution in [0.3, 0.4) is 0 Å². The molecule has 0 aromatic heterocycles. The Balaban J connectivity index is 5.51. The smallest absolute Gasteiger partial charge is 0.426 e. The molecule has 2 atom stereocenters. The van der Waals surface area contributed by atoms with Crippen LogP contribution in [0.2, 0.25) is 0 Å². The molecule has 0 aliphatic rings. The lowest BCUT2D eigenvalue weighted by molar-refractivity contribution is -0.373. The van der Waals surface area contributed by atoms with Gasteiger partial charge in [-0.2, -0.15) is 26.3 Å². The molecule has 0 fully saturated rings. The van der Waals surface area contributed by atoms with E-state index in [0.29, 0.717) is 0 Å². The van der Waals surface area contributed by atoms with Crippen molar-refractivity contribution in [3.63, 3.8) is 0 Å². The lowest BCUT2D eigenvalue weighted by atomic mass is 9.72. The summed E-state index contributed by atoms with van der Waals surface area (Å²) in [6.45, 7) is 11.7. The van der Waals surface area contributed by atoms with Gasteiger partial charge in [0.1, 0.15) is 11.7 Å². The summed E-state index contributed by atoms with van der Waals surface area (Å²) in [6.07, 6.45) is -15.7. The summed E-state index contributed by atoms with van der Waals surface area (Å²) < 4.78 is 87.4. The van der Waals surface area contributed by atoms with Gasteiger partial charge in [-0.05, 0) is 61.3 Å². The number of esters is 2. The molecular weight excluding hydrogens is 434 g/mol. The Kier molecular flexibility index (Phi) is 8.70. The average molecular weight is 466 g/mol. The number of carbonyl (C=O) groups excluding carboxylic acids is 2. The first kappa shape index (κ1) is 29.5. The van der Waals surface area contributed by atoms with E-state index in [0.717, 1.165) is 6.92 Å². The van der Waals surface area contributed by atoms with E-state index in [-0.39, 0.29) is 12.8 Å². The van der Waals surface area contributed by atoms with Crippen LogP contribution in [0.5, 0.6) is 0 Å². The summed E-state index contributed by atoms with van der Waals surface area (Å²) in [7, 11) is 0. The van der Waals surface area contributed by atoms with Crippen LogP contribution < -0.4 is 0 Å². The minimum Gasteiger partial charge on any atom is -0.462 e. The number of aliphatic hydroxyl groups is 1. The average Bonchev–Trinajstić information content (AvgIpc) is 2.50. The van der Waals surface area contributed by atoms with Crippen molar-refractivity contribution in [3.05, 3.63) is 0 Å². The maximum Gasteiger partial charge on any atom is 0.426 e. The second-order valence-electron chi connectivity index (χ2n) is 9.75. The van der Waals surface area contributed by atoms with Gasteiger partial charge in [-0.1, -0.05) is 6.92 Å². The maximum absolute atomic E-state index is 12.9. The van der Waals surface area contributed by atoms with Crippen molar-refractivity contribution in [1.29, 1.82) is 0 Å². The van der Waals surface area contributed by atoms with Crippen LogP contribution in [0.4, 0.5) is 26.3 Å². The van der Waals surface area contributed by atoms with Crippen molar-refractivity contribution in [2.75, 3.05) is 0 Å². The maximum atomic E-state index is 12.9. The van der Waals surface area contributed by atoms with E-state index in [1.54, 1.807) is 34.6 Å². The molecule has 0 heterocycles. The lowest BCUT2D eigenvalue weighted by Gasteiger charge is -2.37. The Morgan fingerprint density at radius 2 is 1.29 bits per heavy atom. The third-order valence-electron chi connectivity index (χ3n) is 4.89. The molecule has 0 saturated heterocycles. The molecule has 0 bridgehead atoms.